The quantitative estimate of drug-likeness (QED) is 0.770. The summed E-state index contributed by atoms with van der Waals surface area (Å²) in [5.74, 6) is 0.680. The van der Waals surface area contributed by atoms with Crippen molar-refractivity contribution in [2.75, 3.05) is 6.54 Å². The molecule has 3 unspecified atom stereocenters. The Balaban J connectivity index is 2.60. The lowest BCUT2D eigenvalue weighted by atomic mass is 10.0. The van der Waals surface area contributed by atoms with Crippen LogP contribution in [-0.4, -0.2) is 29.8 Å². The molecule has 0 aromatic heterocycles. The first-order valence-electron chi connectivity index (χ1n) is 7.67. The van der Waals surface area contributed by atoms with Crippen molar-refractivity contribution in [3.8, 4) is 5.75 Å². The largest absolute Gasteiger partial charge is 0.480 e. The Hall–Kier alpha value is -1.26. The highest BCUT2D eigenvalue weighted by Gasteiger charge is 2.24. The van der Waals surface area contributed by atoms with Crippen molar-refractivity contribution in [3.63, 3.8) is 0 Å². The van der Waals surface area contributed by atoms with E-state index in [4.69, 9.17) is 16.3 Å². The van der Waals surface area contributed by atoms with Gasteiger partial charge in [0, 0.05) is 11.6 Å². The third-order valence-electron chi connectivity index (χ3n) is 3.29. The highest BCUT2D eigenvalue weighted by molar-refractivity contribution is 6.30. The summed E-state index contributed by atoms with van der Waals surface area (Å²) in [4.78, 5) is 12.3. The second-order valence-corrected chi connectivity index (χ2v) is 6.61. The molecule has 0 aliphatic heterocycles. The monoisotopic (exact) mass is 327 g/mol. The first-order valence-corrected chi connectivity index (χ1v) is 8.05. The molecule has 124 valence electrons. The zero-order valence-corrected chi connectivity index (χ0v) is 14.4. The van der Waals surface area contributed by atoms with E-state index in [1.807, 2.05) is 20.8 Å². The summed E-state index contributed by atoms with van der Waals surface area (Å²) in [6, 6.07) is 7.03. The fraction of sp³-hybridized carbons (Fsp3) is 0.588. The minimum Gasteiger partial charge on any atom is -0.480 e. The minimum atomic E-state index is -0.572. The molecule has 0 radical (unpaired) electrons. The van der Waals surface area contributed by atoms with Gasteiger partial charge in [-0.05, 0) is 43.4 Å². The first-order chi connectivity index (χ1) is 10.3. The van der Waals surface area contributed by atoms with Crippen molar-refractivity contribution in [1.29, 1.82) is 0 Å². The fourth-order valence-corrected chi connectivity index (χ4v) is 2.40. The molecule has 1 aromatic carbocycles. The number of aliphatic hydroxyl groups excluding tert-OH is 1. The van der Waals surface area contributed by atoms with Gasteiger partial charge in [0.15, 0.2) is 6.10 Å². The summed E-state index contributed by atoms with van der Waals surface area (Å²) in [6.07, 6.45) is -0.283. The second-order valence-electron chi connectivity index (χ2n) is 6.17. The van der Waals surface area contributed by atoms with E-state index in [9.17, 15) is 9.90 Å². The van der Waals surface area contributed by atoms with Crippen LogP contribution in [0.3, 0.4) is 0 Å². The van der Waals surface area contributed by atoms with Crippen LogP contribution in [-0.2, 0) is 4.79 Å². The number of rotatable bonds is 8. The number of hydrogen-bond acceptors (Lipinski definition) is 3. The van der Waals surface area contributed by atoms with Crippen LogP contribution in [0.2, 0.25) is 5.02 Å². The Labute approximate surface area is 137 Å². The molecular formula is C17H26ClNO3. The van der Waals surface area contributed by atoms with Crippen LogP contribution < -0.4 is 10.1 Å². The molecule has 0 heterocycles. The SMILES string of the molecule is CC(O)CC(C)CNC(=O)C(Oc1cccc(Cl)c1)C(C)C. The predicted molar refractivity (Wildman–Crippen MR) is 89.2 cm³/mol. The van der Waals surface area contributed by atoms with E-state index >= 15 is 0 Å². The average molecular weight is 328 g/mol. The highest BCUT2D eigenvalue weighted by atomic mass is 35.5. The molecule has 2 N–H and O–H groups in total. The van der Waals surface area contributed by atoms with E-state index in [0.29, 0.717) is 23.7 Å². The third-order valence-corrected chi connectivity index (χ3v) is 3.53. The Bertz CT molecular complexity index is 477. The van der Waals surface area contributed by atoms with Crippen LogP contribution in [0.15, 0.2) is 24.3 Å². The van der Waals surface area contributed by atoms with Crippen LogP contribution in [0.1, 0.15) is 34.1 Å². The molecular weight excluding hydrogens is 302 g/mol. The zero-order valence-electron chi connectivity index (χ0n) is 13.7. The number of halogens is 1. The van der Waals surface area contributed by atoms with Gasteiger partial charge in [-0.25, -0.2) is 0 Å². The average Bonchev–Trinajstić information content (AvgIpc) is 2.41. The molecule has 0 aliphatic rings. The van der Waals surface area contributed by atoms with Crippen LogP contribution in [0.5, 0.6) is 5.75 Å². The normalized spacial score (nSPS) is 15.2. The Morgan fingerprint density at radius 2 is 2.00 bits per heavy atom. The van der Waals surface area contributed by atoms with Crippen molar-refractivity contribution < 1.29 is 14.6 Å². The smallest absolute Gasteiger partial charge is 0.261 e. The van der Waals surface area contributed by atoms with E-state index < -0.39 is 6.10 Å². The molecule has 0 fully saturated rings. The number of hydrogen-bond donors (Lipinski definition) is 2. The Morgan fingerprint density at radius 1 is 1.32 bits per heavy atom. The van der Waals surface area contributed by atoms with E-state index in [1.165, 1.54) is 0 Å². The highest BCUT2D eigenvalue weighted by Crippen LogP contribution is 2.20. The number of nitrogens with one attached hydrogen (secondary N) is 1. The van der Waals surface area contributed by atoms with Gasteiger partial charge in [-0.1, -0.05) is 38.4 Å². The summed E-state index contributed by atoms with van der Waals surface area (Å²) in [7, 11) is 0. The van der Waals surface area contributed by atoms with Crippen molar-refractivity contribution in [1.82, 2.24) is 5.32 Å². The molecule has 0 bridgehead atoms. The van der Waals surface area contributed by atoms with Crippen LogP contribution in [0.25, 0.3) is 0 Å². The molecule has 22 heavy (non-hydrogen) atoms. The zero-order chi connectivity index (χ0) is 16.7. The Kier molecular flexibility index (Phi) is 7.69. The summed E-state index contributed by atoms with van der Waals surface area (Å²) in [6.45, 7) is 8.14. The number of amides is 1. The van der Waals surface area contributed by atoms with Crippen LogP contribution >= 0.6 is 11.6 Å². The minimum absolute atomic E-state index is 0.0334. The van der Waals surface area contributed by atoms with Gasteiger partial charge in [0.25, 0.3) is 5.91 Å². The molecule has 5 heteroatoms. The van der Waals surface area contributed by atoms with Crippen molar-refractivity contribution in [2.24, 2.45) is 11.8 Å². The van der Waals surface area contributed by atoms with Gasteiger partial charge in [0.1, 0.15) is 5.75 Å². The lowest BCUT2D eigenvalue weighted by molar-refractivity contribution is -0.130. The maximum Gasteiger partial charge on any atom is 0.261 e. The number of ether oxygens (including phenoxy) is 1. The molecule has 1 aromatic rings. The summed E-state index contributed by atoms with van der Waals surface area (Å²) < 4.78 is 5.79. The van der Waals surface area contributed by atoms with E-state index in [0.717, 1.165) is 0 Å². The third kappa shape index (κ3) is 6.67. The fourth-order valence-electron chi connectivity index (χ4n) is 2.22. The van der Waals surface area contributed by atoms with Crippen LogP contribution in [0.4, 0.5) is 0 Å². The van der Waals surface area contributed by atoms with Gasteiger partial charge in [0.2, 0.25) is 0 Å². The molecule has 0 spiro atoms. The predicted octanol–water partition coefficient (Wildman–Crippen LogP) is 3.27. The number of aliphatic hydroxyl groups is 1. The van der Waals surface area contributed by atoms with E-state index in [1.54, 1.807) is 31.2 Å². The van der Waals surface area contributed by atoms with Gasteiger partial charge < -0.3 is 15.2 Å². The molecule has 1 rings (SSSR count). The summed E-state index contributed by atoms with van der Waals surface area (Å²) in [5.41, 5.74) is 0. The maximum absolute atomic E-state index is 12.3. The van der Waals surface area contributed by atoms with Crippen molar-refractivity contribution in [2.45, 2.75) is 46.3 Å². The molecule has 0 saturated carbocycles. The lowest BCUT2D eigenvalue weighted by Crippen LogP contribution is -2.43. The molecule has 4 nitrogen and oxygen atoms in total. The van der Waals surface area contributed by atoms with Gasteiger partial charge in [-0.2, -0.15) is 0 Å². The summed E-state index contributed by atoms with van der Waals surface area (Å²) in [5, 5.41) is 12.8. The Morgan fingerprint density at radius 3 is 2.55 bits per heavy atom. The number of carbonyl (C=O) groups is 1. The topological polar surface area (TPSA) is 58.6 Å². The first kappa shape index (κ1) is 18.8. The van der Waals surface area contributed by atoms with Gasteiger partial charge >= 0.3 is 0 Å². The summed E-state index contributed by atoms with van der Waals surface area (Å²) >= 11 is 5.93. The molecule has 3 atom stereocenters. The molecule has 1 amide bonds. The van der Waals surface area contributed by atoms with Crippen LogP contribution in [0, 0.1) is 11.8 Å². The van der Waals surface area contributed by atoms with Crippen molar-refractivity contribution in [3.05, 3.63) is 29.3 Å². The van der Waals surface area contributed by atoms with Crippen molar-refractivity contribution >= 4 is 17.5 Å². The maximum atomic E-state index is 12.3. The number of carbonyl (C=O) groups excluding carboxylic acids is 1. The lowest BCUT2D eigenvalue weighted by Gasteiger charge is -2.23. The van der Waals surface area contributed by atoms with Gasteiger partial charge in [0.05, 0.1) is 6.10 Å². The number of benzene rings is 1. The molecule has 0 aliphatic carbocycles. The van der Waals surface area contributed by atoms with Gasteiger partial charge in [-0.15, -0.1) is 0 Å². The van der Waals surface area contributed by atoms with Gasteiger partial charge in [-0.3, -0.25) is 4.79 Å². The van der Waals surface area contributed by atoms with E-state index in [-0.39, 0.29) is 23.8 Å². The second kappa shape index (κ2) is 9.01. The van der Waals surface area contributed by atoms with E-state index in [2.05, 4.69) is 5.32 Å². The standard InChI is InChI=1S/C17H26ClNO3/c1-11(2)16(22-15-7-5-6-14(18)9-15)17(21)19-10-12(3)8-13(4)20/h5-7,9,11-13,16,20H,8,10H2,1-4H3,(H,19,21). The molecule has 0 saturated heterocycles.